The summed E-state index contributed by atoms with van der Waals surface area (Å²) in [7, 11) is 0. The lowest BCUT2D eigenvalue weighted by Crippen LogP contribution is -2.24. The van der Waals surface area contributed by atoms with Gasteiger partial charge in [0, 0.05) is 18.3 Å². The second-order valence-electron chi connectivity index (χ2n) is 3.33. The molecule has 0 bridgehead atoms. The lowest BCUT2D eigenvalue weighted by molar-refractivity contribution is -0.121. The van der Waals surface area contributed by atoms with Gasteiger partial charge in [-0.1, -0.05) is 29.8 Å². The van der Waals surface area contributed by atoms with Crippen LogP contribution < -0.4 is 5.32 Å². The van der Waals surface area contributed by atoms with Crippen LogP contribution in [0.3, 0.4) is 0 Å². The van der Waals surface area contributed by atoms with Crippen molar-refractivity contribution in [2.45, 2.75) is 33.1 Å². The van der Waals surface area contributed by atoms with Gasteiger partial charge in [-0.05, 0) is 18.8 Å². The smallest absolute Gasteiger partial charge is 0.220 e. The van der Waals surface area contributed by atoms with Crippen LogP contribution >= 0.6 is 15.9 Å². The average Bonchev–Trinajstić information content (AvgIpc) is 2.01. The molecule has 0 aliphatic carbocycles. The zero-order chi connectivity index (χ0) is 9.40. The van der Waals surface area contributed by atoms with E-state index >= 15 is 0 Å². The minimum absolute atomic E-state index is 0.185. The number of carbonyl (C=O) groups is 1. The second-order valence-corrected chi connectivity index (χ2v) is 4.12. The van der Waals surface area contributed by atoms with Crippen molar-refractivity contribution < 1.29 is 4.79 Å². The number of hydrogen-bond donors (Lipinski definition) is 1. The average molecular weight is 236 g/mol. The van der Waals surface area contributed by atoms with Crippen LogP contribution in [0.4, 0.5) is 0 Å². The van der Waals surface area contributed by atoms with Crippen LogP contribution in [0.15, 0.2) is 0 Å². The third-order valence-corrected chi connectivity index (χ3v) is 2.14. The molecule has 1 N–H and O–H groups in total. The first-order valence-corrected chi connectivity index (χ1v) is 5.61. The SMILES string of the molecule is CC(C)CCC(=O)NCCCBr. The molecule has 0 fully saturated rings. The van der Waals surface area contributed by atoms with E-state index in [1.165, 1.54) is 0 Å². The number of hydrogen-bond acceptors (Lipinski definition) is 1. The molecule has 0 radical (unpaired) electrons. The van der Waals surface area contributed by atoms with Crippen LogP contribution in [-0.2, 0) is 4.79 Å². The van der Waals surface area contributed by atoms with Crippen LogP contribution in [0.5, 0.6) is 0 Å². The molecule has 0 spiro atoms. The van der Waals surface area contributed by atoms with Gasteiger partial charge in [0.2, 0.25) is 5.91 Å². The third-order valence-electron chi connectivity index (χ3n) is 1.58. The van der Waals surface area contributed by atoms with Gasteiger partial charge in [-0.15, -0.1) is 0 Å². The molecule has 0 saturated heterocycles. The van der Waals surface area contributed by atoms with Crippen LogP contribution in [0, 0.1) is 5.92 Å². The number of amides is 1. The fraction of sp³-hybridized carbons (Fsp3) is 0.889. The summed E-state index contributed by atoms with van der Waals surface area (Å²) in [5.74, 6) is 0.802. The molecule has 0 aromatic heterocycles. The maximum absolute atomic E-state index is 11.1. The van der Waals surface area contributed by atoms with E-state index in [0.717, 1.165) is 24.7 Å². The quantitative estimate of drug-likeness (QED) is 0.556. The molecule has 12 heavy (non-hydrogen) atoms. The molecule has 0 unspecified atom stereocenters. The summed E-state index contributed by atoms with van der Waals surface area (Å²) in [6.07, 6.45) is 2.66. The van der Waals surface area contributed by atoms with Crippen molar-refractivity contribution in [2.24, 2.45) is 5.92 Å². The summed E-state index contributed by atoms with van der Waals surface area (Å²) in [5, 5.41) is 3.83. The van der Waals surface area contributed by atoms with Gasteiger partial charge in [-0.25, -0.2) is 0 Å². The van der Waals surface area contributed by atoms with Crippen molar-refractivity contribution >= 4 is 21.8 Å². The van der Waals surface area contributed by atoms with Crippen molar-refractivity contribution in [3.63, 3.8) is 0 Å². The molecule has 1 amide bonds. The standard InChI is InChI=1S/C9H18BrNO/c1-8(2)4-5-9(12)11-7-3-6-10/h8H,3-7H2,1-2H3,(H,11,12). The summed E-state index contributed by atoms with van der Waals surface area (Å²) < 4.78 is 0. The van der Waals surface area contributed by atoms with E-state index < -0.39 is 0 Å². The molecular formula is C9H18BrNO. The van der Waals surface area contributed by atoms with Crippen LogP contribution in [-0.4, -0.2) is 17.8 Å². The van der Waals surface area contributed by atoms with Gasteiger partial charge < -0.3 is 5.32 Å². The maximum Gasteiger partial charge on any atom is 0.220 e. The Morgan fingerprint density at radius 1 is 1.50 bits per heavy atom. The Balaban J connectivity index is 3.22. The van der Waals surface area contributed by atoms with E-state index in [1.54, 1.807) is 0 Å². The highest BCUT2D eigenvalue weighted by Gasteiger charge is 2.01. The predicted molar refractivity (Wildman–Crippen MR) is 55.5 cm³/mol. The number of nitrogens with one attached hydrogen (secondary N) is 1. The summed E-state index contributed by atoms with van der Waals surface area (Å²) in [6, 6.07) is 0. The molecule has 3 heteroatoms. The monoisotopic (exact) mass is 235 g/mol. The maximum atomic E-state index is 11.1. The summed E-state index contributed by atoms with van der Waals surface area (Å²) in [5.41, 5.74) is 0. The first kappa shape index (κ1) is 11.9. The van der Waals surface area contributed by atoms with Gasteiger partial charge in [0.1, 0.15) is 0 Å². The highest BCUT2D eigenvalue weighted by atomic mass is 79.9. The zero-order valence-corrected chi connectivity index (χ0v) is 9.49. The lowest BCUT2D eigenvalue weighted by Gasteiger charge is -2.05. The van der Waals surface area contributed by atoms with Crippen LogP contribution in [0.1, 0.15) is 33.1 Å². The normalized spacial score (nSPS) is 10.3. The Morgan fingerprint density at radius 2 is 2.17 bits per heavy atom. The molecule has 72 valence electrons. The molecular weight excluding hydrogens is 218 g/mol. The Bertz CT molecular complexity index is 126. The minimum Gasteiger partial charge on any atom is -0.356 e. The molecule has 0 aliphatic heterocycles. The predicted octanol–water partition coefficient (Wildman–Crippen LogP) is 2.32. The molecule has 0 aliphatic rings. The fourth-order valence-corrected chi connectivity index (χ4v) is 1.08. The third kappa shape index (κ3) is 8.05. The van der Waals surface area contributed by atoms with E-state index in [-0.39, 0.29) is 5.91 Å². The molecule has 0 aromatic carbocycles. The van der Waals surface area contributed by atoms with E-state index in [2.05, 4.69) is 35.1 Å². The van der Waals surface area contributed by atoms with Crippen molar-refractivity contribution in [2.75, 3.05) is 11.9 Å². The van der Waals surface area contributed by atoms with Crippen LogP contribution in [0.25, 0.3) is 0 Å². The molecule has 0 heterocycles. The molecule has 0 atom stereocenters. The van der Waals surface area contributed by atoms with E-state index in [1.807, 2.05) is 0 Å². The topological polar surface area (TPSA) is 29.1 Å². The highest BCUT2D eigenvalue weighted by Crippen LogP contribution is 2.02. The second kappa shape index (κ2) is 7.59. The first-order chi connectivity index (χ1) is 5.66. The van der Waals surface area contributed by atoms with E-state index in [9.17, 15) is 4.79 Å². The van der Waals surface area contributed by atoms with Gasteiger partial charge in [-0.2, -0.15) is 0 Å². The van der Waals surface area contributed by atoms with Gasteiger partial charge in [0.15, 0.2) is 0 Å². The number of halogens is 1. The van der Waals surface area contributed by atoms with Gasteiger partial charge >= 0.3 is 0 Å². The summed E-state index contributed by atoms with van der Waals surface area (Å²) >= 11 is 3.31. The summed E-state index contributed by atoms with van der Waals surface area (Å²) in [4.78, 5) is 11.1. The lowest BCUT2D eigenvalue weighted by atomic mass is 10.1. The minimum atomic E-state index is 0.185. The molecule has 0 aromatic rings. The summed E-state index contributed by atoms with van der Waals surface area (Å²) in [6.45, 7) is 5.06. The van der Waals surface area contributed by atoms with Gasteiger partial charge in [-0.3, -0.25) is 4.79 Å². The fourth-order valence-electron chi connectivity index (χ4n) is 0.803. The molecule has 0 rings (SSSR count). The van der Waals surface area contributed by atoms with Crippen molar-refractivity contribution in [3.8, 4) is 0 Å². The molecule has 0 saturated carbocycles. The zero-order valence-electron chi connectivity index (χ0n) is 7.90. The Morgan fingerprint density at radius 3 is 2.67 bits per heavy atom. The Hall–Kier alpha value is -0.0500. The van der Waals surface area contributed by atoms with Crippen molar-refractivity contribution in [1.29, 1.82) is 0 Å². The number of alkyl halides is 1. The van der Waals surface area contributed by atoms with E-state index in [0.29, 0.717) is 12.3 Å². The van der Waals surface area contributed by atoms with Gasteiger partial charge in [0.25, 0.3) is 0 Å². The highest BCUT2D eigenvalue weighted by molar-refractivity contribution is 9.09. The van der Waals surface area contributed by atoms with Crippen LogP contribution in [0.2, 0.25) is 0 Å². The molecule has 2 nitrogen and oxygen atoms in total. The van der Waals surface area contributed by atoms with Gasteiger partial charge in [0.05, 0.1) is 0 Å². The van der Waals surface area contributed by atoms with Crippen molar-refractivity contribution in [1.82, 2.24) is 5.32 Å². The largest absolute Gasteiger partial charge is 0.356 e. The van der Waals surface area contributed by atoms with Crippen molar-refractivity contribution in [3.05, 3.63) is 0 Å². The first-order valence-electron chi connectivity index (χ1n) is 4.49. The number of rotatable bonds is 6. The van der Waals surface area contributed by atoms with E-state index in [4.69, 9.17) is 0 Å². The Kier molecular flexibility index (Phi) is 7.56. The Labute approximate surface area is 83.2 Å². The number of carbonyl (C=O) groups excluding carboxylic acids is 1.